The van der Waals surface area contributed by atoms with E-state index in [-0.39, 0.29) is 35.7 Å². The Kier molecular flexibility index (Phi) is 52.3. The van der Waals surface area contributed by atoms with Gasteiger partial charge in [0.15, 0.2) is 0 Å². The molecule has 6 aromatic carbocycles. The van der Waals surface area contributed by atoms with Crippen LogP contribution in [-0.2, 0) is 34.2 Å². The quantitative estimate of drug-likeness (QED) is 0.0325. The largest absolute Gasteiger partial charge is 0.415 e. The number of benzene rings is 6. The highest BCUT2D eigenvalue weighted by molar-refractivity contribution is 5.73. The van der Waals surface area contributed by atoms with E-state index in [0.29, 0.717) is 56.2 Å². The van der Waals surface area contributed by atoms with Crippen LogP contribution in [0.3, 0.4) is 0 Å². The number of aldehydes is 2. The zero-order chi connectivity index (χ0) is 73.4. The maximum atomic E-state index is 13.2. The number of primary amides is 1. The molecule has 3 unspecified atom stereocenters. The van der Waals surface area contributed by atoms with Crippen LogP contribution in [0.15, 0.2) is 170 Å². The van der Waals surface area contributed by atoms with E-state index in [2.05, 4.69) is 77.8 Å². The van der Waals surface area contributed by atoms with E-state index >= 15 is 0 Å². The molecule has 97 heavy (non-hydrogen) atoms. The predicted molar refractivity (Wildman–Crippen MR) is 394 cm³/mol. The molecule has 20 heteroatoms. The van der Waals surface area contributed by atoms with Crippen LogP contribution >= 0.6 is 0 Å². The molecule has 534 valence electrons. The number of rotatable bonds is 23. The number of likely N-dealkylation sites (tertiary alicyclic amines) is 2. The van der Waals surface area contributed by atoms with Crippen molar-refractivity contribution in [2.24, 2.45) is 23.1 Å². The number of carbonyl (C=O) groups excluding carboxylic acids is 8. The van der Waals surface area contributed by atoms with Crippen molar-refractivity contribution in [1.29, 1.82) is 0 Å². The summed E-state index contributed by atoms with van der Waals surface area (Å²) in [5, 5.41) is 8.42. The zero-order valence-electron chi connectivity index (χ0n) is 60.4. The van der Waals surface area contributed by atoms with Crippen molar-refractivity contribution in [2.75, 3.05) is 81.6 Å². The molecule has 0 spiro atoms. The van der Waals surface area contributed by atoms with Crippen molar-refractivity contribution < 1.29 is 47.8 Å². The highest BCUT2D eigenvalue weighted by atomic mass is 16.6. The number of nitrogens with zero attached hydrogens (tertiary/aromatic N) is 4. The van der Waals surface area contributed by atoms with Gasteiger partial charge in [-0.15, -0.1) is 0 Å². The number of amides is 5. The summed E-state index contributed by atoms with van der Waals surface area (Å²) in [6.45, 7) is 22.0. The summed E-state index contributed by atoms with van der Waals surface area (Å²) in [6.07, 6.45) is 8.83. The molecule has 20 nitrogen and oxygen atoms in total. The highest BCUT2D eigenvalue weighted by Crippen LogP contribution is 2.34. The molecule has 3 atom stereocenters. The average Bonchev–Trinajstić information content (AvgIpc) is 1.43. The lowest BCUT2D eigenvalue weighted by Crippen LogP contribution is -2.40. The van der Waals surface area contributed by atoms with Gasteiger partial charge >= 0.3 is 12.2 Å². The fraction of sp³-hybridized carbons (Fsp3) is 0.429. The molecule has 6 aromatic rings. The van der Waals surface area contributed by atoms with E-state index in [1.165, 1.54) is 44.9 Å². The molecule has 0 aliphatic carbocycles. The highest BCUT2D eigenvalue weighted by Gasteiger charge is 2.29. The molecule has 0 aromatic heterocycles. The molecule has 2 aliphatic heterocycles. The first-order chi connectivity index (χ1) is 46.9. The summed E-state index contributed by atoms with van der Waals surface area (Å²) in [7, 11) is 11.1. The fourth-order valence-electron chi connectivity index (χ4n) is 9.83. The van der Waals surface area contributed by atoms with E-state index in [4.69, 9.17) is 14.3 Å². The number of hydrogen-bond donors (Lipinski definition) is 6. The van der Waals surface area contributed by atoms with Crippen molar-refractivity contribution in [2.45, 2.75) is 130 Å². The van der Waals surface area contributed by atoms with Gasteiger partial charge < -0.3 is 76.6 Å². The maximum Gasteiger partial charge on any atom is 0.415 e. The van der Waals surface area contributed by atoms with Crippen LogP contribution < -0.4 is 42.6 Å². The summed E-state index contributed by atoms with van der Waals surface area (Å²) >= 11 is 0. The van der Waals surface area contributed by atoms with Crippen molar-refractivity contribution in [3.8, 4) is 11.5 Å². The molecular formula is C77H116N10O10. The maximum absolute atomic E-state index is 13.2. The second kappa shape index (κ2) is 56.3. The normalized spacial score (nSPS) is 13.5. The Morgan fingerprint density at radius 3 is 1.23 bits per heavy atom. The van der Waals surface area contributed by atoms with Crippen molar-refractivity contribution in [1.82, 2.24) is 35.6 Å². The third kappa shape index (κ3) is 36.1. The summed E-state index contributed by atoms with van der Waals surface area (Å²) in [5.41, 5.74) is 19.7. The lowest BCUT2D eigenvalue weighted by Gasteiger charge is -2.28. The smallest absolute Gasteiger partial charge is 0.410 e. The minimum absolute atomic E-state index is 0.0695. The Morgan fingerprint density at radius 2 is 0.959 bits per heavy atom. The third-order valence-corrected chi connectivity index (χ3v) is 15.3. The Labute approximate surface area is 580 Å². The Bertz CT molecular complexity index is 2780. The third-order valence-electron chi connectivity index (χ3n) is 15.3. The van der Waals surface area contributed by atoms with Crippen LogP contribution in [0, 0.1) is 5.92 Å². The summed E-state index contributed by atoms with van der Waals surface area (Å²) in [4.78, 5) is 94.3. The zero-order valence-corrected chi connectivity index (χ0v) is 60.4. The van der Waals surface area contributed by atoms with Crippen LogP contribution in [0.1, 0.15) is 146 Å². The topological polar surface area (TPSA) is 282 Å². The molecule has 0 saturated carbocycles. The molecular weight excluding hydrogens is 1220 g/mol. The van der Waals surface area contributed by atoms with E-state index in [9.17, 15) is 33.6 Å². The van der Waals surface area contributed by atoms with Gasteiger partial charge in [0.2, 0.25) is 18.7 Å². The van der Waals surface area contributed by atoms with Gasteiger partial charge in [0, 0.05) is 62.4 Å². The fourth-order valence-corrected chi connectivity index (χ4v) is 9.83. The Morgan fingerprint density at radius 1 is 0.608 bits per heavy atom. The SMILES string of the molecule is C=O.CC.CCC(N)=O.CCN(CCC=O)C(=O)Oc1ccc(C(C)(C)c2ccc(OC(=O)N(CCC3CCC(C)N3C)CC(C)C=O)cc2)cc1.CN.CN.CN1CCCC1.CNC.O=CNC(c1ccccc1)c1ccccc1.O=CNC(c1ccccc1)c1ccccc1. The summed E-state index contributed by atoms with van der Waals surface area (Å²) < 4.78 is 11.2. The molecule has 0 bridgehead atoms. The van der Waals surface area contributed by atoms with Crippen LogP contribution in [-0.4, -0.2) is 164 Å². The first-order valence-corrected chi connectivity index (χ1v) is 33.3. The van der Waals surface area contributed by atoms with Gasteiger partial charge in [-0.25, -0.2) is 9.59 Å². The lowest BCUT2D eigenvalue weighted by molar-refractivity contribution is -0.117. The Hall–Kier alpha value is -8.92. The van der Waals surface area contributed by atoms with Crippen LogP contribution in [0.2, 0.25) is 0 Å². The van der Waals surface area contributed by atoms with E-state index < -0.39 is 12.2 Å². The van der Waals surface area contributed by atoms with Crippen molar-refractivity contribution >= 4 is 50.3 Å². The first kappa shape index (κ1) is 90.1. The van der Waals surface area contributed by atoms with Crippen LogP contribution in [0.25, 0.3) is 0 Å². The first-order valence-electron chi connectivity index (χ1n) is 33.3. The van der Waals surface area contributed by atoms with Crippen molar-refractivity contribution in [3.63, 3.8) is 0 Å². The Balaban J connectivity index is 0. The predicted octanol–water partition coefficient (Wildman–Crippen LogP) is 11.4. The minimum atomic E-state index is -0.485. The number of nitrogens with one attached hydrogen (secondary N) is 3. The molecule has 5 amide bonds. The molecule has 2 saturated heterocycles. The van der Waals surface area contributed by atoms with Gasteiger partial charge in [0.05, 0.1) is 12.1 Å². The second-order valence-electron chi connectivity index (χ2n) is 22.4. The van der Waals surface area contributed by atoms with Gasteiger partial charge in [0.25, 0.3) is 0 Å². The molecule has 9 N–H and O–H groups in total. The summed E-state index contributed by atoms with van der Waals surface area (Å²) in [5.74, 6) is 0.347. The lowest BCUT2D eigenvalue weighted by atomic mass is 9.78. The molecule has 0 radical (unpaired) electrons. The molecule has 2 heterocycles. The van der Waals surface area contributed by atoms with E-state index in [0.717, 1.165) is 78.0 Å². The van der Waals surface area contributed by atoms with E-state index in [1.807, 2.05) is 187 Å². The van der Waals surface area contributed by atoms with Crippen molar-refractivity contribution in [3.05, 3.63) is 203 Å². The number of ether oxygens (including phenoxy) is 2. The van der Waals surface area contributed by atoms with Gasteiger partial charge in [0.1, 0.15) is 30.9 Å². The second-order valence-corrected chi connectivity index (χ2v) is 22.4. The van der Waals surface area contributed by atoms with Gasteiger partial charge in [-0.2, -0.15) is 0 Å². The number of nitrogens with two attached hydrogens (primary N) is 3. The average molecular weight is 1340 g/mol. The van der Waals surface area contributed by atoms with Gasteiger partial charge in [-0.1, -0.05) is 187 Å². The standard InChI is InChI=1S/C34H47N3O6.2C14H13NO.C5H11N.C3H7NO.C2H7N.C2H6.2CH5N.CH2O/c1-7-36(20-8-22-38)32(40)42-30-15-10-27(11-16-30)34(4,5)28-12-17-31(18-13-28)43-33(41)37(23-25(2)24-39)21-19-29-14-9-26(3)35(29)6;2*16-11-15-14(12-7-3-1-4-8-12)13-9-5-2-6-10-13;1-6-4-2-3-5-6;1-2-3(4)5;1-3-2;4*1-2/h10-13,15-18,22,24-26,29H,7-9,14,19-21,23H2,1-6H3;2*1-11,14H,(H,15,16);2-5H2,1H3;2H2,1H3,(H2,4,5);3H,1-2H3;1-2H3;2*2H2,1H3;1H2. The van der Waals surface area contributed by atoms with Gasteiger partial charge in [-0.05, 0) is 159 Å². The van der Waals surface area contributed by atoms with Crippen LogP contribution in [0.5, 0.6) is 11.5 Å². The number of carbonyl (C=O) groups is 8. The number of hydrogen-bond acceptors (Lipinski definition) is 15. The molecule has 2 aliphatic rings. The molecule has 2 fully saturated rings. The van der Waals surface area contributed by atoms with E-state index in [1.54, 1.807) is 43.0 Å². The summed E-state index contributed by atoms with van der Waals surface area (Å²) in [6, 6.07) is 55.3. The van der Waals surface area contributed by atoms with Gasteiger partial charge in [-0.3, -0.25) is 14.4 Å². The minimum Gasteiger partial charge on any atom is -0.410 e. The van der Waals surface area contributed by atoms with Crippen LogP contribution in [0.4, 0.5) is 9.59 Å². The molecule has 8 rings (SSSR count). The monoisotopic (exact) mass is 1340 g/mol.